The Hall–Kier alpha value is -1.64. The van der Waals surface area contributed by atoms with Crippen LogP contribution in [0.15, 0.2) is 41.1 Å². The van der Waals surface area contributed by atoms with Crippen molar-refractivity contribution in [1.29, 1.82) is 0 Å². The van der Waals surface area contributed by atoms with E-state index < -0.39 is 0 Å². The summed E-state index contributed by atoms with van der Waals surface area (Å²) in [5.41, 5.74) is 2.47. The van der Waals surface area contributed by atoms with E-state index in [2.05, 4.69) is 64.9 Å². The average Bonchev–Trinajstić information content (AvgIpc) is 3.09. The maximum absolute atomic E-state index is 12.0. The lowest BCUT2D eigenvalue weighted by Gasteiger charge is -2.55. The molecule has 0 spiro atoms. The van der Waals surface area contributed by atoms with E-state index in [1.807, 2.05) is 6.08 Å². The van der Waals surface area contributed by atoms with Crippen molar-refractivity contribution in [3.63, 3.8) is 0 Å². The van der Waals surface area contributed by atoms with E-state index in [0.717, 1.165) is 12.1 Å². The number of hydrogen-bond acceptors (Lipinski definition) is 3. The summed E-state index contributed by atoms with van der Waals surface area (Å²) in [6.07, 6.45) is 16.3. The number of allylic oxidation sites excluding steroid dienone is 6. The van der Waals surface area contributed by atoms with Gasteiger partial charge in [0.15, 0.2) is 5.78 Å². The van der Waals surface area contributed by atoms with E-state index in [9.17, 15) is 10.0 Å². The zero-order chi connectivity index (χ0) is 22.6. The minimum absolute atomic E-state index is 0.0111. The summed E-state index contributed by atoms with van der Waals surface area (Å²) in [6.45, 7) is 13.9. The molecular formula is C28H41NO2. The molecule has 0 aromatic carbocycles. The highest BCUT2D eigenvalue weighted by atomic mass is 16.4. The lowest BCUT2D eigenvalue weighted by Crippen LogP contribution is -2.49. The second-order valence-corrected chi connectivity index (χ2v) is 11.8. The van der Waals surface area contributed by atoms with Crippen LogP contribution in [-0.4, -0.2) is 16.7 Å². The van der Waals surface area contributed by atoms with Gasteiger partial charge in [-0.3, -0.25) is 4.79 Å². The van der Waals surface area contributed by atoms with Gasteiger partial charge in [-0.05, 0) is 90.8 Å². The Morgan fingerprint density at radius 1 is 1.13 bits per heavy atom. The number of fused-ring (bicyclic) bond motifs is 5. The molecule has 0 heterocycles. The van der Waals surface area contributed by atoms with Gasteiger partial charge in [-0.1, -0.05) is 64.9 Å². The summed E-state index contributed by atoms with van der Waals surface area (Å²) < 4.78 is 0. The highest BCUT2D eigenvalue weighted by Gasteiger charge is 2.58. The number of carbonyl (C=O) groups is 1. The molecule has 8 atom stereocenters. The van der Waals surface area contributed by atoms with Crippen molar-refractivity contribution in [3.05, 3.63) is 36.0 Å². The highest BCUT2D eigenvalue weighted by molar-refractivity contribution is 6.01. The highest BCUT2D eigenvalue weighted by Crippen LogP contribution is 2.65. The van der Waals surface area contributed by atoms with Crippen molar-refractivity contribution in [3.8, 4) is 0 Å². The fourth-order valence-corrected chi connectivity index (χ4v) is 7.63. The van der Waals surface area contributed by atoms with Gasteiger partial charge in [-0.15, -0.1) is 0 Å². The van der Waals surface area contributed by atoms with Gasteiger partial charge in [-0.25, -0.2) is 0 Å². The summed E-state index contributed by atoms with van der Waals surface area (Å²) >= 11 is 0. The van der Waals surface area contributed by atoms with Crippen LogP contribution in [0, 0.1) is 52.3 Å². The van der Waals surface area contributed by atoms with Gasteiger partial charge in [-0.2, -0.15) is 0 Å². The number of hydrogen-bond donors (Lipinski definition) is 1. The first-order valence-corrected chi connectivity index (χ1v) is 12.5. The van der Waals surface area contributed by atoms with Crippen molar-refractivity contribution in [1.82, 2.24) is 0 Å². The second-order valence-electron chi connectivity index (χ2n) is 11.8. The van der Waals surface area contributed by atoms with Crippen LogP contribution in [0.1, 0.15) is 73.6 Å². The molecule has 0 aliphatic heterocycles. The molecular weight excluding hydrogens is 382 g/mol. The zero-order valence-electron chi connectivity index (χ0n) is 20.3. The van der Waals surface area contributed by atoms with Gasteiger partial charge in [0.2, 0.25) is 0 Å². The summed E-state index contributed by atoms with van der Waals surface area (Å²) in [4.78, 5) is 12.0. The van der Waals surface area contributed by atoms with Crippen LogP contribution in [0.25, 0.3) is 0 Å². The predicted octanol–water partition coefficient (Wildman–Crippen LogP) is 6.84. The number of carbonyl (C=O) groups excluding carboxylic acids is 1. The first-order valence-electron chi connectivity index (χ1n) is 12.5. The second kappa shape index (κ2) is 8.05. The summed E-state index contributed by atoms with van der Waals surface area (Å²) in [5.74, 6) is 3.96. The van der Waals surface area contributed by atoms with Crippen LogP contribution >= 0.6 is 0 Å². The van der Waals surface area contributed by atoms with Crippen LogP contribution in [0.5, 0.6) is 0 Å². The molecule has 0 radical (unpaired) electrons. The Morgan fingerprint density at radius 3 is 2.55 bits per heavy atom. The van der Waals surface area contributed by atoms with E-state index in [-0.39, 0.29) is 16.6 Å². The lowest BCUT2D eigenvalue weighted by molar-refractivity contribution is -0.110. The molecule has 3 nitrogen and oxygen atoms in total. The smallest absolute Gasteiger partial charge is 0.178 e. The van der Waals surface area contributed by atoms with E-state index in [1.165, 1.54) is 31.3 Å². The Labute approximate surface area is 188 Å². The minimum atomic E-state index is -0.0111. The molecule has 0 aromatic heterocycles. The molecule has 4 rings (SSSR count). The monoisotopic (exact) mass is 423 g/mol. The van der Waals surface area contributed by atoms with Crippen molar-refractivity contribution in [2.24, 2.45) is 57.4 Å². The maximum Gasteiger partial charge on any atom is 0.178 e. The molecule has 170 valence electrons. The number of rotatable bonds is 5. The third kappa shape index (κ3) is 3.56. The molecule has 1 N–H and O–H groups in total. The maximum atomic E-state index is 12.0. The van der Waals surface area contributed by atoms with Crippen LogP contribution in [0.3, 0.4) is 0 Å². The molecule has 2 saturated carbocycles. The van der Waals surface area contributed by atoms with Crippen molar-refractivity contribution in [2.75, 3.05) is 0 Å². The van der Waals surface area contributed by atoms with E-state index in [0.29, 0.717) is 41.4 Å². The van der Waals surface area contributed by atoms with Gasteiger partial charge < -0.3 is 5.21 Å². The van der Waals surface area contributed by atoms with Gasteiger partial charge in [0.05, 0.1) is 5.71 Å². The molecule has 0 bridgehead atoms. The topological polar surface area (TPSA) is 49.7 Å². The van der Waals surface area contributed by atoms with Crippen LogP contribution in [-0.2, 0) is 4.79 Å². The quantitative estimate of drug-likeness (QED) is 0.299. The predicted molar refractivity (Wildman–Crippen MR) is 127 cm³/mol. The van der Waals surface area contributed by atoms with Gasteiger partial charge in [0.25, 0.3) is 0 Å². The van der Waals surface area contributed by atoms with Crippen LogP contribution in [0.4, 0.5) is 0 Å². The zero-order valence-corrected chi connectivity index (χ0v) is 20.3. The fourth-order valence-electron chi connectivity index (χ4n) is 7.63. The summed E-state index contributed by atoms with van der Waals surface area (Å²) in [7, 11) is 0. The number of nitrogens with zero attached hydrogens (tertiary/aromatic N) is 1. The Balaban J connectivity index is 1.58. The van der Waals surface area contributed by atoms with Crippen molar-refractivity contribution >= 4 is 11.5 Å². The van der Waals surface area contributed by atoms with Crippen molar-refractivity contribution < 1.29 is 10.0 Å². The molecule has 2 fully saturated rings. The molecule has 31 heavy (non-hydrogen) atoms. The molecule has 0 saturated heterocycles. The van der Waals surface area contributed by atoms with Gasteiger partial charge in [0.1, 0.15) is 0 Å². The minimum Gasteiger partial charge on any atom is -0.411 e. The van der Waals surface area contributed by atoms with Crippen LogP contribution in [0.2, 0.25) is 0 Å². The Kier molecular flexibility index (Phi) is 5.85. The van der Waals surface area contributed by atoms with Gasteiger partial charge >= 0.3 is 0 Å². The first-order chi connectivity index (χ1) is 14.6. The summed E-state index contributed by atoms with van der Waals surface area (Å²) in [6, 6.07) is 0. The molecule has 3 heteroatoms. The number of oxime groups is 1. The Morgan fingerprint density at radius 2 is 1.87 bits per heavy atom. The number of ketones is 1. The largest absolute Gasteiger partial charge is 0.411 e. The van der Waals surface area contributed by atoms with E-state index in [4.69, 9.17) is 0 Å². The molecule has 4 aliphatic rings. The third-order valence-corrected chi connectivity index (χ3v) is 10.1. The standard InChI is InChI=1S/C28H41NO2/c1-17(2)18(3)15-26(29-31)19(4)23-9-10-24-22-8-7-20-16-21(30)11-13-27(20,5)25(22)12-14-28(23,24)6/h7-8,11,13,16-19,22-25,31H,9-10,12,14-15H2,1-6H3/t18-,19-,22-,23+,24-,25-,27-,28+/m0/s1. The van der Waals surface area contributed by atoms with Crippen molar-refractivity contribution in [2.45, 2.75) is 73.6 Å². The lowest BCUT2D eigenvalue weighted by atomic mass is 9.49. The molecule has 0 unspecified atom stereocenters. The fraction of sp³-hybridized carbons (Fsp3) is 0.714. The van der Waals surface area contributed by atoms with Crippen LogP contribution < -0.4 is 0 Å². The van der Waals surface area contributed by atoms with E-state index >= 15 is 0 Å². The normalized spacial score (nSPS) is 41.5. The molecule has 0 amide bonds. The van der Waals surface area contributed by atoms with Gasteiger partial charge in [0, 0.05) is 11.3 Å². The third-order valence-electron chi connectivity index (χ3n) is 10.1. The molecule has 0 aromatic rings. The Bertz CT molecular complexity index is 849. The summed E-state index contributed by atoms with van der Waals surface area (Å²) in [5, 5.41) is 13.7. The average molecular weight is 424 g/mol. The first kappa shape index (κ1) is 22.6. The SMILES string of the molecule is CC(C)[C@@H](C)CC(=NO)[C@@H](C)[C@H]1CC[C@H]2[C@@H]3C=CC4=CC(=O)C=C[C@]4(C)[C@H]3CC[C@]12C. The molecule has 4 aliphatic carbocycles. The van der Waals surface area contributed by atoms with E-state index in [1.54, 1.807) is 6.08 Å².